The molecule has 0 saturated heterocycles. The highest BCUT2D eigenvalue weighted by Crippen LogP contribution is 2.39. The van der Waals surface area contributed by atoms with E-state index in [4.69, 9.17) is 15.0 Å². The van der Waals surface area contributed by atoms with Crippen LogP contribution in [0.3, 0.4) is 0 Å². The zero-order chi connectivity index (χ0) is 43.6. The summed E-state index contributed by atoms with van der Waals surface area (Å²) in [5.74, 6) is 1.93. The number of hydrogen-bond acceptors (Lipinski definition) is 3. The zero-order valence-electron chi connectivity index (χ0n) is 35.8. The molecule has 0 radical (unpaired) electrons. The lowest BCUT2D eigenvalue weighted by Crippen LogP contribution is -2.00. The van der Waals surface area contributed by atoms with Crippen LogP contribution in [0.2, 0.25) is 0 Å². The van der Waals surface area contributed by atoms with Crippen molar-refractivity contribution in [2.45, 2.75) is 0 Å². The smallest absolute Gasteiger partial charge is 0.164 e. The second kappa shape index (κ2) is 15.4. The van der Waals surface area contributed by atoms with Gasteiger partial charge in [0.25, 0.3) is 0 Å². The van der Waals surface area contributed by atoms with Crippen LogP contribution in [0.1, 0.15) is 0 Å². The van der Waals surface area contributed by atoms with Gasteiger partial charge < -0.3 is 9.13 Å². The van der Waals surface area contributed by atoms with Crippen molar-refractivity contribution in [3.05, 3.63) is 237 Å². The average molecular weight is 842 g/mol. The van der Waals surface area contributed by atoms with Crippen molar-refractivity contribution < 1.29 is 0 Å². The molecule has 13 rings (SSSR count). The predicted octanol–water partition coefficient (Wildman–Crippen LogP) is 15.6. The molecule has 5 heteroatoms. The van der Waals surface area contributed by atoms with Crippen LogP contribution in [0.25, 0.3) is 122 Å². The SMILES string of the molecule is c1ccc(-c2nc(-c3ccccc3)nc(-c3ccc(-n4c5ccccc5c5cc(-c6ccc7c8ccccc8n(-c8ccc(-c9cccc%10ccccc9%10)cc8)c7c6)ccc54)cc3)n2)cc1. The molecule has 0 unspecified atom stereocenters. The second-order valence-electron chi connectivity index (χ2n) is 16.8. The molecule has 0 bridgehead atoms. The van der Waals surface area contributed by atoms with Gasteiger partial charge in [-0.1, -0.05) is 170 Å². The summed E-state index contributed by atoms with van der Waals surface area (Å²) in [7, 11) is 0. The third kappa shape index (κ3) is 6.28. The summed E-state index contributed by atoms with van der Waals surface area (Å²) < 4.78 is 4.77. The molecular formula is C61H39N5. The van der Waals surface area contributed by atoms with Gasteiger partial charge in [0.15, 0.2) is 17.5 Å². The first-order valence-corrected chi connectivity index (χ1v) is 22.3. The summed E-state index contributed by atoms with van der Waals surface area (Å²) in [6.07, 6.45) is 0. The molecular weight excluding hydrogens is 803 g/mol. The minimum atomic E-state index is 0.634. The van der Waals surface area contributed by atoms with Crippen molar-refractivity contribution in [2.24, 2.45) is 0 Å². The normalized spacial score (nSPS) is 11.6. The van der Waals surface area contributed by atoms with Crippen LogP contribution in [0, 0.1) is 0 Å². The maximum atomic E-state index is 4.98. The third-order valence-electron chi connectivity index (χ3n) is 13.0. The molecule has 0 atom stereocenters. The summed E-state index contributed by atoms with van der Waals surface area (Å²) in [6.45, 7) is 0. The van der Waals surface area contributed by atoms with E-state index in [9.17, 15) is 0 Å². The molecule has 3 heterocycles. The van der Waals surface area contributed by atoms with Crippen LogP contribution < -0.4 is 0 Å². The Morgan fingerprint density at radius 3 is 1.30 bits per heavy atom. The summed E-state index contributed by atoms with van der Waals surface area (Å²) in [4.78, 5) is 14.8. The van der Waals surface area contributed by atoms with Crippen LogP contribution in [0.15, 0.2) is 237 Å². The number of rotatable bonds is 7. The first-order valence-electron chi connectivity index (χ1n) is 22.3. The molecule has 308 valence electrons. The van der Waals surface area contributed by atoms with Crippen molar-refractivity contribution in [1.29, 1.82) is 0 Å². The topological polar surface area (TPSA) is 48.5 Å². The van der Waals surface area contributed by atoms with Gasteiger partial charge in [-0.25, -0.2) is 15.0 Å². The fourth-order valence-electron chi connectivity index (χ4n) is 9.82. The Bertz CT molecular complexity index is 3900. The number of aromatic nitrogens is 5. The van der Waals surface area contributed by atoms with Gasteiger partial charge >= 0.3 is 0 Å². The van der Waals surface area contributed by atoms with E-state index >= 15 is 0 Å². The van der Waals surface area contributed by atoms with Gasteiger partial charge in [0.05, 0.1) is 22.1 Å². The largest absolute Gasteiger partial charge is 0.309 e. The van der Waals surface area contributed by atoms with E-state index in [-0.39, 0.29) is 0 Å². The Balaban J connectivity index is 0.890. The summed E-state index contributed by atoms with van der Waals surface area (Å²) in [5.41, 5.74) is 14.5. The standard InChI is InChI=1S/C61H39N5/c1-3-15-42(16-4-1)59-62-60(43-17-5-2-6-18-43)64-61(63-59)44-28-34-47(35-29-44)65-56-25-12-10-22-52(56)54-38-45(31-37-57(54)65)46-30-36-53-51-21-9-11-24-55(51)66(58(53)39-46)48-32-26-41(27-33-48)50-23-13-19-40-14-7-8-20-49(40)50/h1-39H. The predicted molar refractivity (Wildman–Crippen MR) is 273 cm³/mol. The number of para-hydroxylation sites is 2. The van der Waals surface area contributed by atoms with E-state index in [1.807, 2.05) is 60.7 Å². The van der Waals surface area contributed by atoms with Gasteiger partial charge in [0, 0.05) is 49.6 Å². The van der Waals surface area contributed by atoms with E-state index in [0.717, 1.165) is 39.1 Å². The number of nitrogens with zero attached hydrogens (tertiary/aromatic N) is 5. The number of fused-ring (bicyclic) bond motifs is 7. The average Bonchev–Trinajstić information content (AvgIpc) is 3.91. The van der Waals surface area contributed by atoms with Crippen molar-refractivity contribution in [2.75, 3.05) is 0 Å². The van der Waals surface area contributed by atoms with Crippen LogP contribution in [-0.4, -0.2) is 24.1 Å². The first-order chi connectivity index (χ1) is 32.7. The maximum absolute atomic E-state index is 4.98. The highest BCUT2D eigenvalue weighted by atomic mass is 15.0. The lowest BCUT2D eigenvalue weighted by atomic mass is 9.98. The van der Waals surface area contributed by atoms with E-state index in [1.165, 1.54) is 65.6 Å². The van der Waals surface area contributed by atoms with Crippen molar-refractivity contribution in [3.8, 4) is 67.8 Å². The van der Waals surface area contributed by atoms with Crippen LogP contribution in [0.5, 0.6) is 0 Å². The van der Waals surface area contributed by atoms with Crippen molar-refractivity contribution >= 4 is 54.4 Å². The monoisotopic (exact) mass is 841 g/mol. The Morgan fingerprint density at radius 2 is 0.667 bits per heavy atom. The minimum Gasteiger partial charge on any atom is -0.309 e. The van der Waals surface area contributed by atoms with Crippen molar-refractivity contribution in [1.82, 2.24) is 24.1 Å². The molecule has 0 aliphatic carbocycles. The van der Waals surface area contributed by atoms with Gasteiger partial charge in [-0.05, 0) is 99.8 Å². The second-order valence-corrected chi connectivity index (χ2v) is 16.8. The summed E-state index contributed by atoms with van der Waals surface area (Å²) in [5, 5.41) is 7.40. The Hall–Kier alpha value is -8.93. The molecule has 3 aromatic heterocycles. The highest BCUT2D eigenvalue weighted by Gasteiger charge is 2.18. The van der Waals surface area contributed by atoms with Gasteiger partial charge in [0.2, 0.25) is 0 Å². The minimum absolute atomic E-state index is 0.634. The molecule has 0 spiro atoms. The molecule has 0 N–H and O–H groups in total. The zero-order valence-corrected chi connectivity index (χ0v) is 35.8. The number of hydrogen-bond donors (Lipinski definition) is 0. The molecule has 5 nitrogen and oxygen atoms in total. The summed E-state index contributed by atoms with van der Waals surface area (Å²) in [6, 6.07) is 84.2. The molecule has 0 aliphatic rings. The van der Waals surface area contributed by atoms with Crippen LogP contribution in [-0.2, 0) is 0 Å². The highest BCUT2D eigenvalue weighted by molar-refractivity contribution is 6.12. The maximum Gasteiger partial charge on any atom is 0.164 e. The molecule has 0 fully saturated rings. The molecule has 0 amide bonds. The van der Waals surface area contributed by atoms with Crippen LogP contribution in [0.4, 0.5) is 0 Å². The van der Waals surface area contributed by atoms with E-state index < -0.39 is 0 Å². The molecule has 13 aromatic rings. The Morgan fingerprint density at radius 1 is 0.242 bits per heavy atom. The quantitative estimate of drug-likeness (QED) is 0.161. The fourth-order valence-corrected chi connectivity index (χ4v) is 9.82. The molecule has 10 aromatic carbocycles. The molecule has 66 heavy (non-hydrogen) atoms. The summed E-state index contributed by atoms with van der Waals surface area (Å²) >= 11 is 0. The fraction of sp³-hybridized carbons (Fsp3) is 0. The van der Waals surface area contributed by atoms with Gasteiger partial charge in [0.1, 0.15) is 0 Å². The van der Waals surface area contributed by atoms with Gasteiger partial charge in [-0.15, -0.1) is 0 Å². The van der Waals surface area contributed by atoms with E-state index in [0.29, 0.717) is 17.5 Å². The molecule has 0 saturated carbocycles. The van der Waals surface area contributed by atoms with Gasteiger partial charge in [-0.3, -0.25) is 0 Å². The van der Waals surface area contributed by atoms with Gasteiger partial charge in [-0.2, -0.15) is 0 Å². The number of benzene rings is 10. The van der Waals surface area contributed by atoms with E-state index in [1.54, 1.807) is 0 Å². The third-order valence-corrected chi connectivity index (χ3v) is 13.0. The van der Waals surface area contributed by atoms with Crippen molar-refractivity contribution in [3.63, 3.8) is 0 Å². The molecule has 0 aliphatic heterocycles. The Kier molecular flexibility index (Phi) is 8.78. The lowest BCUT2D eigenvalue weighted by Gasteiger charge is -2.12. The Labute approximate surface area is 381 Å². The lowest BCUT2D eigenvalue weighted by molar-refractivity contribution is 1.07. The van der Waals surface area contributed by atoms with Crippen LogP contribution >= 0.6 is 0 Å². The van der Waals surface area contributed by atoms with E-state index in [2.05, 4.69) is 185 Å². The first kappa shape index (κ1) is 37.6.